The van der Waals surface area contributed by atoms with Gasteiger partial charge >= 0.3 is 5.97 Å². The van der Waals surface area contributed by atoms with Gasteiger partial charge in [0.1, 0.15) is 11.9 Å². The SMILES string of the molecule is Cc1nc(C2CN(C)CCO2)[nH]c(=O)c1CCC(=O)O. The minimum atomic E-state index is -0.926. The highest BCUT2D eigenvalue weighted by atomic mass is 16.5. The molecular formula is C13H19N3O4. The monoisotopic (exact) mass is 281 g/mol. The molecule has 1 aliphatic heterocycles. The minimum Gasteiger partial charge on any atom is -0.481 e. The molecule has 7 heteroatoms. The summed E-state index contributed by atoms with van der Waals surface area (Å²) < 4.78 is 5.61. The summed E-state index contributed by atoms with van der Waals surface area (Å²) in [5.74, 6) is -0.414. The van der Waals surface area contributed by atoms with Crippen LogP contribution in [0, 0.1) is 6.92 Å². The largest absolute Gasteiger partial charge is 0.481 e. The van der Waals surface area contributed by atoms with Crippen LogP contribution in [0.5, 0.6) is 0 Å². The van der Waals surface area contributed by atoms with Crippen molar-refractivity contribution in [1.82, 2.24) is 14.9 Å². The first kappa shape index (κ1) is 14.7. The molecule has 1 atom stereocenters. The molecule has 0 bridgehead atoms. The van der Waals surface area contributed by atoms with Gasteiger partial charge in [-0.15, -0.1) is 0 Å². The number of carboxylic acid groups (broad SMARTS) is 1. The van der Waals surface area contributed by atoms with E-state index in [4.69, 9.17) is 9.84 Å². The number of carboxylic acids is 1. The first-order chi connectivity index (χ1) is 9.47. The average molecular weight is 281 g/mol. The van der Waals surface area contributed by atoms with Crippen LogP contribution in [0.15, 0.2) is 4.79 Å². The van der Waals surface area contributed by atoms with E-state index in [0.717, 1.165) is 6.54 Å². The van der Waals surface area contributed by atoms with E-state index in [2.05, 4.69) is 14.9 Å². The van der Waals surface area contributed by atoms with Crippen LogP contribution in [0.3, 0.4) is 0 Å². The van der Waals surface area contributed by atoms with Crippen LogP contribution in [0.25, 0.3) is 0 Å². The first-order valence-electron chi connectivity index (χ1n) is 6.59. The summed E-state index contributed by atoms with van der Waals surface area (Å²) in [5.41, 5.74) is 0.729. The van der Waals surface area contributed by atoms with Crippen LogP contribution in [0.2, 0.25) is 0 Å². The predicted molar refractivity (Wildman–Crippen MR) is 71.7 cm³/mol. The van der Waals surface area contributed by atoms with Crippen LogP contribution in [-0.2, 0) is 16.0 Å². The molecule has 1 aromatic rings. The standard InChI is InChI=1S/C13H19N3O4/c1-8-9(3-4-11(17)18)13(19)15-12(14-8)10-7-16(2)5-6-20-10/h10H,3-7H2,1-2H3,(H,17,18)(H,14,15,19). The maximum absolute atomic E-state index is 12.0. The van der Waals surface area contributed by atoms with Crippen LogP contribution in [0.4, 0.5) is 0 Å². The van der Waals surface area contributed by atoms with Gasteiger partial charge in [-0.1, -0.05) is 0 Å². The molecule has 0 saturated carbocycles. The Morgan fingerprint density at radius 2 is 2.35 bits per heavy atom. The third-order valence-electron chi connectivity index (χ3n) is 3.40. The van der Waals surface area contributed by atoms with Crippen molar-refractivity contribution < 1.29 is 14.6 Å². The van der Waals surface area contributed by atoms with Gasteiger partial charge in [-0.3, -0.25) is 9.59 Å². The van der Waals surface area contributed by atoms with Gasteiger partial charge < -0.3 is 19.7 Å². The molecule has 2 heterocycles. The molecule has 110 valence electrons. The molecule has 0 radical (unpaired) electrons. The lowest BCUT2D eigenvalue weighted by Crippen LogP contribution is -2.37. The van der Waals surface area contributed by atoms with E-state index < -0.39 is 5.97 Å². The van der Waals surface area contributed by atoms with Gasteiger partial charge in [-0.2, -0.15) is 0 Å². The van der Waals surface area contributed by atoms with Crippen molar-refractivity contribution in [1.29, 1.82) is 0 Å². The highest BCUT2D eigenvalue weighted by molar-refractivity contribution is 5.67. The number of hydrogen-bond donors (Lipinski definition) is 2. The van der Waals surface area contributed by atoms with E-state index >= 15 is 0 Å². The molecule has 1 aliphatic rings. The van der Waals surface area contributed by atoms with Crippen molar-refractivity contribution in [2.75, 3.05) is 26.7 Å². The second-order valence-electron chi connectivity index (χ2n) is 5.03. The number of ether oxygens (including phenoxy) is 1. The lowest BCUT2D eigenvalue weighted by molar-refractivity contribution is -0.136. The van der Waals surface area contributed by atoms with Gasteiger partial charge in [0.25, 0.3) is 5.56 Å². The number of aliphatic carboxylic acids is 1. The zero-order valence-electron chi connectivity index (χ0n) is 11.7. The summed E-state index contributed by atoms with van der Waals surface area (Å²) in [6.45, 7) is 3.86. The summed E-state index contributed by atoms with van der Waals surface area (Å²) >= 11 is 0. The number of carbonyl (C=O) groups is 1. The molecular weight excluding hydrogens is 262 g/mol. The number of aromatic amines is 1. The molecule has 1 fully saturated rings. The molecule has 0 spiro atoms. The fraction of sp³-hybridized carbons (Fsp3) is 0.615. The predicted octanol–water partition coefficient (Wildman–Crippen LogP) is 0.0986. The number of morpholine rings is 1. The zero-order chi connectivity index (χ0) is 14.7. The minimum absolute atomic E-state index is 0.0758. The Bertz CT molecular complexity index is 555. The lowest BCUT2D eigenvalue weighted by Gasteiger charge is -2.29. The van der Waals surface area contributed by atoms with Crippen molar-refractivity contribution in [3.05, 3.63) is 27.4 Å². The number of aryl methyl sites for hydroxylation is 1. The molecule has 1 aromatic heterocycles. The van der Waals surface area contributed by atoms with Gasteiger partial charge in [-0.05, 0) is 20.4 Å². The van der Waals surface area contributed by atoms with E-state index in [1.165, 1.54) is 0 Å². The van der Waals surface area contributed by atoms with Gasteiger partial charge in [0.15, 0.2) is 0 Å². The number of likely N-dealkylation sites (N-methyl/N-ethyl adjacent to an activating group) is 1. The highest BCUT2D eigenvalue weighted by Gasteiger charge is 2.22. The van der Waals surface area contributed by atoms with Gasteiger partial charge in [0, 0.05) is 30.8 Å². The van der Waals surface area contributed by atoms with Crippen LogP contribution in [0.1, 0.15) is 29.6 Å². The molecule has 2 rings (SSSR count). The number of H-pyrrole nitrogens is 1. The number of rotatable bonds is 4. The molecule has 7 nitrogen and oxygen atoms in total. The van der Waals surface area contributed by atoms with Crippen molar-refractivity contribution in [3.8, 4) is 0 Å². The first-order valence-corrected chi connectivity index (χ1v) is 6.59. The van der Waals surface area contributed by atoms with Crippen molar-refractivity contribution in [2.24, 2.45) is 0 Å². The fourth-order valence-electron chi connectivity index (χ4n) is 2.25. The molecule has 0 aliphatic carbocycles. The third-order valence-corrected chi connectivity index (χ3v) is 3.40. The summed E-state index contributed by atoms with van der Waals surface area (Å²) in [7, 11) is 1.99. The molecule has 2 N–H and O–H groups in total. The molecule has 0 aromatic carbocycles. The maximum Gasteiger partial charge on any atom is 0.303 e. The van der Waals surface area contributed by atoms with E-state index in [9.17, 15) is 9.59 Å². The van der Waals surface area contributed by atoms with Gasteiger partial charge in [0.2, 0.25) is 0 Å². The Kier molecular flexibility index (Phi) is 4.51. The molecule has 1 saturated heterocycles. The highest BCUT2D eigenvalue weighted by Crippen LogP contribution is 2.18. The van der Waals surface area contributed by atoms with E-state index in [1.807, 2.05) is 7.05 Å². The summed E-state index contributed by atoms with van der Waals surface area (Å²) in [4.78, 5) is 31.8. The second kappa shape index (κ2) is 6.15. The number of nitrogens with one attached hydrogen (secondary N) is 1. The zero-order valence-corrected chi connectivity index (χ0v) is 11.7. The van der Waals surface area contributed by atoms with Crippen LogP contribution in [-0.4, -0.2) is 52.7 Å². The summed E-state index contributed by atoms with van der Waals surface area (Å²) in [5, 5.41) is 8.69. The normalized spacial score (nSPS) is 20.0. The Morgan fingerprint density at radius 1 is 1.60 bits per heavy atom. The molecule has 0 amide bonds. The topological polar surface area (TPSA) is 95.5 Å². The molecule has 20 heavy (non-hydrogen) atoms. The Balaban J connectivity index is 2.21. The summed E-state index contributed by atoms with van der Waals surface area (Å²) in [6.07, 6.45) is -0.128. The van der Waals surface area contributed by atoms with Crippen molar-refractivity contribution >= 4 is 5.97 Å². The average Bonchev–Trinajstić information content (AvgIpc) is 2.37. The number of hydrogen-bond acceptors (Lipinski definition) is 5. The van der Waals surface area contributed by atoms with E-state index in [1.54, 1.807) is 6.92 Å². The number of nitrogens with zero attached hydrogens (tertiary/aromatic N) is 2. The summed E-state index contributed by atoms with van der Waals surface area (Å²) in [6, 6.07) is 0. The van der Waals surface area contributed by atoms with Crippen molar-refractivity contribution in [3.63, 3.8) is 0 Å². The van der Waals surface area contributed by atoms with Crippen molar-refractivity contribution in [2.45, 2.75) is 25.9 Å². The van der Waals surface area contributed by atoms with E-state index in [0.29, 0.717) is 30.2 Å². The Labute approximate surface area is 116 Å². The Hall–Kier alpha value is -1.73. The Morgan fingerprint density at radius 3 is 2.95 bits per heavy atom. The van der Waals surface area contributed by atoms with Crippen LogP contribution < -0.4 is 5.56 Å². The lowest BCUT2D eigenvalue weighted by atomic mass is 10.1. The smallest absolute Gasteiger partial charge is 0.303 e. The number of aromatic nitrogens is 2. The van der Waals surface area contributed by atoms with Gasteiger partial charge in [-0.25, -0.2) is 4.98 Å². The quantitative estimate of drug-likeness (QED) is 0.812. The third kappa shape index (κ3) is 3.43. The molecule has 1 unspecified atom stereocenters. The van der Waals surface area contributed by atoms with Gasteiger partial charge in [0.05, 0.1) is 6.61 Å². The van der Waals surface area contributed by atoms with Crippen LogP contribution >= 0.6 is 0 Å². The second-order valence-corrected chi connectivity index (χ2v) is 5.03. The fourth-order valence-corrected chi connectivity index (χ4v) is 2.25. The van der Waals surface area contributed by atoms with E-state index in [-0.39, 0.29) is 24.5 Å². The maximum atomic E-state index is 12.0.